The zero-order valence-electron chi connectivity index (χ0n) is 13.5. The predicted octanol–water partition coefficient (Wildman–Crippen LogP) is 2.87. The molecule has 114 valence electrons. The second-order valence-corrected chi connectivity index (χ2v) is 5.66. The van der Waals surface area contributed by atoms with Crippen molar-refractivity contribution >= 4 is 0 Å². The van der Waals surface area contributed by atoms with E-state index in [2.05, 4.69) is 62.4 Å². The minimum atomic E-state index is 0.560. The molecular formula is C17H30N2O. The molecule has 3 heteroatoms. The second-order valence-electron chi connectivity index (χ2n) is 5.66. The molecule has 1 N–H and O–H groups in total. The molecule has 0 radical (unpaired) electrons. The van der Waals surface area contributed by atoms with Gasteiger partial charge in [0.1, 0.15) is 0 Å². The number of hydrogen-bond donors (Lipinski definition) is 1. The molecule has 0 heterocycles. The van der Waals surface area contributed by atoms with Crippen LogP contribution in [0.1, 0.15) is 37.3 Å². The molecule has 1 unspecified atom stereocenters. The fraction of sp³-hybridized carbons (Fsp3) is 0.647. The van der Waals surface area contributed by atoms with Gasteiger partial charge in [-0.3, -0.25) is 0 Å². The topological polar surface area (TPSA) is 24.5 Å². The zero-order chi connectivity index (χ0) is 14.8. The lowest BCUT2D eigenvalue weighted by Gasteiger charge is -2.13. The summed E-state index contributed by atoms with van der Waals surface area (Å²) >= 11 is 0. The van der Waals surface area contributed by atoms with Gasteiger partial charge in [0.05, 0.1) is 6.61 Å². The Morgan fingerprint density at radius 2 is 1.90 bits per heavy atom. The standard InChI is InChI=1S/C17H30N2O/c1-5-18-13-15(2)17-9-7-16(8-10-17)14-20-12-6-11-19(3)4/h7-10,15,18H,5-6,11-14H2,1-4H3. The van der Waals surface area contributed by atoms with Crippen LogP contribution in [-0.2, 0) is 11.3 Å². The van der Waals surface area contributed by atoms with Crippen LogP contribution in [-0.4, -0.2) is 45.2 Å². The van der Waals surface area contributed by atoms with E-state index in [0.717, 1.165) is 39.3 Å². The van der Waals surface area contributed by atoms with E-state index < -0.39 is 0 Å². The maximum atomic E-state index is 5.70. The quantitative estimate of drug-likeness (QED) is 0.666. The van der Waals surface area contributed by atoms with Crippen LogP contribution >= 0.6 is 0 Å². The first-order valence-electron chi connectivity index (χ1n) is 7.65. The fourth-order valence-electron chi connectivity index (χ4n) is 2.09. The summed E-state index contributed by atoms with van der Waals surface area (Å²) in [6, 6.07) is 8.81. The van der Waals surface area contributed by atoms with Crippen molar-refractivity contribution in [1.82, 2.24) is 10.2 Å². The van der Waals surface area contributed by atoms with Crippen molar-refractivity contribution in [2.24, 2.45) is 0 Å². The molecule has 0 saturated carbocycles. The number of nitrogens with zero attached hydrogens (tertiary/aromatic N) is 1. The lowest BCUT2D eigenvalue weighted by atomic mass is 10.00. The summed E-state index contributed by atoms with van der Waals surface area (Å²) in [6.45, 7) is 9.10. The van der Waals surface area contributed by atoms with Gasteiger partial charge in [0, 0.05) is 13.2 Å². The van der Waals surface area contributed by atoms with Crippen molar-refractivity contribution in [1.29, 1.82) is 0 Å². The summed E-state index contributed by atoms with van der Waals surface area (Å²) < 4.78 is 5.70. The fourth-order valence-corrected chi connectivity index (χ4v) is 2.09. The van der Waals surface area contributed by atoms with Gasteiger partial charge >= 0.3 is 0 Å². The number of rotatable bonds is 10. The highest BCUT2D eigenvalue weighted by Crippen LogP contribution is 2.15. The molecule has 0 bridgehead atoms. The molecule has 3 nitrogen and oxygen atoms in total. The largest absolute Gasteiger partial charge is 0.377 e. The van der Waals surface area contributed by atoms with Crippen LogP contribution < -0.4 is 5.32 Å². The molecule has 1 rings (SSSR count). The van der Waals surface area contributed by atoms with Crippen molar-refractivity contribution in [2.45, 2.75) is 32.8 Å². The van der Waals surface area contributed by atoms with E-state index in [4.69, 9.17) is 4.74 Å². The monoisotopic (exact) mass is 278 g/mol. The van der Waals surface area contributed by atoms with Crippen LogP contribution in [0, 0.1) is 0 Å². The molecule has 0 fully saturated rings. The molecular weight excluding hydrogens is 248 g/mol. The van der Waals surface area contributed by atoms with E-state index >= 15 is 0 Å². The first-order valence-corrected chi connectivity index (χ1v) is 7.65. The van der Waals surface area contributed by atoms with Gasteiger partial charge in [-0.2, -0.15) is 0 Å². The highest BCUT2D eigenvalue weighted by atomic mass is 16.5. The smallest absolute Gasteiger partial charge is 0.0716 e. The first-order chi connectivity index (χ1) is 9.63. The third-order valence-electron chi connectivity index (χ3n) is 3.41. The van der Waals surface area contributed by atoms with Gasteiger partial charge in [0.2, 0.25) is 0 Å². The van der Waals surface area contributed by atoms with Crippen molar-refractivity contribution in [3.05, 3.63) is 35.4 Å². The van der Waals surface area contributed by atoms with E-state index in [1.54, 1.807) is 0 Å². The molecule has 0 saturated heterocycles. The van der Waals surface area contributed by atoms with Gasteiger partial charge in [0.15, 0.2) is 0 Å². The second kappa shape index (κ2) is 9.92. The van der Waals surface area contributed by atoms with Gasteiger partial charge in [-0.1, -0.05) is 38.1 Å². The molecule has 1 atom stereocenters. The van der Waals surface area contributed by atoms with Crippen LogP contribution in [0.4, 0.5) is 0 Å². The summed E-state index contributed by atoms with van der Waals surface area (Å²) in [4.78, 5) is 2.18. The van der Waals surface area contributed by atoms with Crippen molar-refractivity contribution in [3.63, 3.8) is 0 Å². The van der Waals surface area contributed by atoms with Crippen molar-refractivity contribution in [3.8, 4) is 0 Å². The Kier molecular flexibility index (Phi) is 8.51. The Morgan fingerprint density at radius 3 is 2.50 bits per heavy atom. The van der Waals surface area contributed by atoms with Crippen LogP contribution in [0.15, 0.2) is 24.3 Å². The van der Waals surface area contributed by atoms with Gasteiger partial charge in [-0.05, 0) is 50.7 Å². The lowest BCUT2D eigenvalue weighted by molar-refractivity contribution is 0.113. The molecule has 0 aliphatic rings. The summed E-state index contributed by atoms with van der Waals surface area (Å²) in [7, 11) is 4.18. The number of ether oxygens (including phenoxy) is 1. The van der Waals surface area contributed by atoms with Crippen LogP contribution in [0.3, 0.4) is 0 Å². The highest BCUT2D eigenvalue weighted by molar-refractivity contribution is 5.24. The number of hydrogen-bond acceptors (Lipinski definition) is 3. The third kappa shape index (κ3) is 7.04. The first kappa shape index (κ1) is 17.2. The molecule has 0 aromatic heterocycles. The van der Waals surface area contributed by atoms with E-state index in [1.807, 2.05) is 0 Å². The summed E-state index contributed by atoms with van der Waals surface area (Å²) in [5.74, 6) is 0.560. The molecule has 0 aliphatic carbocycles. The normalized spacial score (nSPS) is 12.8. The maximum Gasteiger partial charge on any atom is 0.0716 e. The van der Waals surface area contributed by atoms with Crippen LogP contribution in [0.2, 0.25) is 0 Å². The molecule has 1 aromatic carbocycles. The number of benzene rings is 1. The Bertz CT molecular complexity index is 349. The minimum Gasteiger partial charge on any atom is -0.377 e. The van der Waals surface area contributed by atoms with Crippen LogP contribution in [0.5, 0.6) is 0 Å². The van der Waals surface area contributed by atoms with Crippen molar-refractivity contribution in [2.75, 3.05) is 40.3 Å². The Labute approximate surface area is 124 Å². The molecule has 1 aromatic rings. The van der Waals surface area contributed by atoms with Crippen molar-refractivity contribution < 1.29 is 4.74 Å². The predicted molar refractivity (Wildman–Crippen MR) is 86.2 cm³/mol. The number of likely N-dealkylation sites (N-methyl/N-ethyl adjacent to an activating group) is 1. The average molecular weight is 278 g/mol. The molecule has 20 heavy (non-hydrogen) atoms. The third-order valence-corrected chi connectivity index (χ3v) is 3.41. The Hall–Kier alpha value is -0.900. The maximum absolute atomic E-state index is 5.70. The molecule has 0 amide bonds. The van der Waals surface area contributed by atoms with E-state index in [0.29, 0.717) is 5.92 Å². The number of nitrogens with one attached hydrogen (secondary N) is 1. The van der Waals surface area contributed by atoms with E-state index in [1.165, 1.54) is 11.1 Å². The zero-order valence-corrected chi connectivity index (χ0v) is 13.5. The minimum absolute atomic E-state index is 0.560. The van der Waals surface area contributed by atoms with Gasteiger partial charge in [0.25, 0.3) is 0 Å². The van der Waals surface area contributed by atoms with E-state index in [9.17, 15) is 0 Å². The molecule has 0 aliphatic heterocycles. The Balaban J connectivity index is 2.28. The Morgan fingerprint density at radius 1 is 1.20 bits per heavy atom. The summed E-state index contributed by atoms with van der Waals surface area (Å²) in [5, 5.41) is 3.39. The van der Waals surface area contributed by atoms with E-state index in [-0.39, 0.29) is 0 Å². The van der Waals surface area contributed by atoms with Gasteiger partial charge in [-0.25, -0.2) is 0 Å². The highest BCUT2D eigenvalue weighted by Gasteiger charge is 2.04. The van der Waals surface area contributed by atoms with Gasteiger partial charge < -0.3 is 15.0 Å². The SMILES string of the molecule is CCNCC(C)c1ccc(COCCCN(C)C)cc1. The van der Waals surface area contributed by atoms with Gasteiger partial charge in [-0.15, -0.1) is 0 Å². The average Bonchev–Trinajstić information content (AvgIpc) is 2.44. The summed E-state index contributed by atoms with van der Waals surface area (Å²) in [6.07, 6.45) is 1.09. The van der Waals surface area contributed by atoms with Crippen LogP contribution in [0.25, 0.3) is 0 Å². The lowest BCUT2D eigenvalue weighted by Crippen LogP contribution is -2.19. The summed E-state index contributed by atoms with van der Waals surface area (Å²) in [5.41, 5.74) is 2.65. The molecule has 0 spiro atoms.